The molecule has 3 aliphatic rings. The Labute approximate surface area is 327 Å². The molecule has 2 saturated heterocycles. The molecule has 2 fully saturated rings. The number of Topliss-reactive ketones (excluding diaryl/α,β-unsaturated/α-hetero) is 1. The Bertz CT molecular complexity index is 1420. The van der Waals surface area contributed by atoms with E-state index in [2.05, 4.69) is 0 Å². The molecule has 16 nitrogen and oxygen atoms in total. The predicted octanol–water partition coefficient (Wildman–Crippen LogP) is 0.840. The van der Waals surface area contributed by atoms with E-state index >= 15 is 0 Å². The number of aliphatic hydroxyl groups is 7. The summed E-state index contributed by atoms with van der Waals surface area (Å²) in [6.45, 7) is 5.45. The second kappa shape index (κ2) is 22.7. The van der Waals surface area contributed by atoms with Crippen LogP contribution in [0.3, 0.4) is 0 Å². The standard InChI is InChI=1S/C40H61NO15/c1-4-23(2)31-15-13-11-9-7-5-6-8-10-12-14-27(54-39-37(49)35(41)36(48)24(3)53-39)20-32-34(38(50)51)30(46)22-40(52,56-32)21-29(45)28(44)17-16-25(42)18-26(43)19-33(47)55-31/h5-14,23-24,26-32,34-37,39,43-46,48-49,52H,4,15-22,41H2,1-3H3,(H,50,51)/b6-5-,9-7-,10-8-,13-11+,14-12+/t23?,24-,26?,27?,28?,29?,30?,31?,32?,34?,35+,36-,37+,39+,40?/m1/s1. The van der Waals surface area contributed by atoms with Gasteiger partial charge in [0.05, 0.1) is 61.3 Å². The summed E-state index contributed by atoms with van der Waals surface area (Å²) in [5, 5.41) is 85.5. The van der Waals surface area contributed by atoms with Crippen LogP contribution < -0.4 is 5.73 Å². The maximum absolute atomic E-state index is 12.6. The Morgan fingerprint density at radius 1 is 0.929 bits per heavy atom. The molecule has 0 amide bonds. The summed E-state index contributed by atoms with van der Waals surface area (Å²) in [6, 6.07) is -1.13. The number of aliphatic carboxylic acids is 1. The van der Waals surface area contributed by atoms with Crippen LogP contribution in [0.1, 0.15) is 78.6 Å². The van der Waals surface area contributed by atoms with Crippen LogP contribution in [0.15, 0.2) is 60.8 Å². The highest BCUT2D eigenvalue weighted by Gasteiger charge is 2.51. The van der Waals surface area contributed by atoms with Crippen LogP contribution in [0.25, 0.3) is 0 Å². The van der Waals surface area contributed by atoms with Crippen molar-refractivity contribution < 1.29 is 74.2 Å². The molecule has 0 aromatic rings. The summed E-state index contributed by atoms with van der Waals surface area (Å²) >= 11 is 0. The summed E-state index contributed by atoms with van der Waals surface area (Å²) in [5.74, 6) is -6.47. The first kappa shape index (κ1) is 47.2. The minimum Gasteiger partial charge on any atom is -0.481 e. The van der Waals surface area contributed by atoms with Gasteiger partial charge in [-0.25, -0.2) is 0 Å². The first-order valence-electron chi connectivity index (χ1n) is 19.3. The number of cyclic esters (lactones) is 1. The van der Waals surface area contributed by atoms with E-state index in [4.69, 9.17) is 24.7 Å². The molecular formula is C40H61NO15. The lowest BCUT2D eigenvalue weighted by atomic mass is 9.82. The molecule has 3 aliphatic heterocycles. The number of fused-ring (bicyclic) bond motifs is 2. The summed E-state index contributed by atoms with van der Waals surface area (Å²) in [4.78, 5) is 37.7. The summed E-state index contributed by atoms with van der Waals surface area (Å²) in [5.41, 5.74) is 5.99. The molecule has 0 aromatic heterocycles. The van der Waals surface area contributed by atoms with Gasteiger partial charge in [0.2, 0.25) is 0 Å². The predicted molar refractivity (Wildman–Crippen MR) is 201 cm³/mol. The molecular weight excluding hydrogens is 734 g/mol. The van der Waals surface area contributed by atoms with Gasteiger partial charge in [0.15, 0.2) is 12.1 Å². The molecule has 56 heavy (non-hydrogen) atoms. The minimum absolute atomic E-state index is 0.0294. The van der Waals surface area contributed by atoms with Gasteiger partial charge in [-0.05, 0) is 19.3 Å². The van der Waals surface area contributed by atoms with Crippen molar-refractivity contribution in [2.75, 3.05) is 0 Å². The van der Waals surface area contributed by atoms with Gasteiger partial charge in [-0.1, -0.05) is 81.0 Å². The molecule has 0 radical (unpaired) electrons. The Morgan fingerprint density at radius 2 is 1.55 bits per heavy atom. The van der Waals surface area contributed by atoms with Crippen LogP contribution in [0.4, 0.5) is 0 Å². The van der Waals surface area contributed by atoms with Crippen molar-refractivity contribution in [2.45, 2.75) is 158 Å². The maximum atomic E-state index is 12.6. The number of aliphatic hydroxyl groups excluding tert-OH is 6. The number of nitrogens with two attached hydrogens (primary N) is 1. The van der Waals surface area contributed by atoms with Gasteiger partial charge < -0.3 is 65.5 Å². The highest BCUT2D eigenvalue weighted by molar-refractivity contribution is 5.80. The number of carbonyl (C=O) groups excluding carboxylic acids is 2. The number of carboxylic acids is 1. The van der Waals surface area contributed by atoms with Gasteiger partial charge in [0.1, 0.15) is 23.9 Å². The van der Waals surface area contributed by atoms with Gasteiger partial charge in [0, 0.05) is 38.5 Å². The highest BCUT2D eigenvalue weighted by atomic mass is 16.7. The van der Waals surface area contributed by atoms with Gasteiger partial charge >= 0.3 is 11.9 Å². The van der Waals surface area contributed by atoms with E-state index in [1.165, 1.54) is 13.0 Å². The molecule has 15 atom stereocenters. The fourth-order valence-corrected chi connectivity index (χ4v) is 6.85. The van der Waals surface area contributed by atoms with E-state index in [0.717, 1.165) is 6.42 Å². The molecule has 0 aromatic carbocycles. The molecule has 2 bridgehead atoms. The third kappa shape index (κ3) is 14.7. The van der Waals surface area contributed by atoms with Gasteiger partial charge in [0.25, 0.3) is 0 Å². The lowest BCUT2D eigenvalue weighted by molar-refractivity contribution is -0.310. The van der Waals surface area contributed by atoms with Crippen molar-refractivity contribution in [2.24, 2.45) is 17.6 Å². The lowest BCUT2D eigenvalue weighted by Crippen LogP contribution is -2.61. The molecule has 0 saturated carbocycles. The van der Waals surface area contributed by atoms with E-state index in [1.807, 2.05) is 19.9 Å². The van der Waals surface area contributed by atoms with Crippen molar-refractivity contribution in [3.05, 3.63) is 60.8 Å². The number of rotatable bonds is 5. The topological polar surface area (TPSA) is 276 Å². The largest absolute Gasteiger partial charge is 0.481 e. The van der Waals surface area contributed by atoms with E-state index in [-0.39, 0.29) is 25.2 Å². The average molecular weight is 796 g/mol. The van der Waals surface area contributed by atoms with Crippen molar-refractivity contribution in [1.82, 2.24) is 0 Å². The minimum atomic E-state index is -2.34. The highest BCUT2D eigenvalue weighted by Crippen LogP contribution is 2.38. The fourth-order valence-electron chi connectivity index (χ4n) is 6.85. The van der Waals surface area contributed by atoms with Crippen LogP contribution in [0, 0.1) is 11.8 Å². The second-order valence-corrected chi connectivity index (χ2v) is 15.0. The molecule has 16 heteroatoms. The molecule has 10 unspecified atom stereocenters. The number of hydrogen-bond acceptors (Lipinski definition) is 15. The first-order valence-corrected chi connectivity index (χ1v) is 19.3. The number of allylic oxidation sites excluding steroid dienone is 8. The smallest absolute Gasteiger partial charge is 0.311 e. The number of hydrogen-bond donors (Lipinski definition) is 9. The fraction of sp³-hybridized carbons (Fsp3) is 0.675. The third-order valence-corrected chi connectivity index (χ3v) is 10.4. The molecule has 10 N–H and O–H groups in total. The molecule has 3 heterocycles. The molecule has 3 rings (SSSR count). The van der Waals surface area contributed by atoms with E-state index in [1.54, 1.807) is 48.6 Å². The Kier molecular flexibility index (Phi) is 19.2. The quantitative estimate of drug-likeness (QED) is 0.174. The Hall–Kier alpha value is -3.13. The maximum Gasteiger partial charge on any atom is 0.311 e. The van der Waals surface area contributed by atoms with Crippen molar-refractivity contribution in [1.29, 1.82) is 0 Å². The Balaban J connectivity index is 1.91. The number of esters is 1. The molecule has 0 aliphatic carbocycles. The number of carboxylic acid groups (broad SMARTS) is 1. The van der Waals surface area contributed by atoms with Gasteiger partial charge in [-0.3, -0.25) is 14.4 Å². The lowest BCUT2D eigenvalue weighted by Gasteiger charge is -2.45. The Morgan fingerprint density at radius 3 is 2.20 bits per heavy atom. The summed E-state index contributed by atoms with van der Waals surface area (Å²) < 4.78 is 23.2. The second-order valence-electron chi connectivity index (χ2n) is 15.0. The SMILES string of the molecule is CCC(C)C1C/C=C/C=C\C=C/C=C\C=C\C(O[C@@H]2O[C@H](C)[C@@H](O)[C@H](N)[C@@H]2O)CC2OC(O)(CC(O)C(O)CCC(=O)CC(O)CC(=O)O1)CC(O)C2C(=O)O. The zero-order valence-electron chi connectivity index (χ0n) is 32.2. The van der Waals surface area contributed by atoms with Crippen LogP contribution in [-0.2, 0) is 33.3 Å². The zero-order chi connectivity index (χ0) is 41.6. The van der Waals surface area contributed by atoms with E-state index in [0.29, 0.717) is 6.42 Å². The van der Waals surface area contributed by atoms with Gasteiger partial charge in [-0.15, -0.1) is 0 Å². The molecule has 0 spiro atoms. The molecule has 316 valence electrons. The third-order valence-electron chi connectivity index (χ3n) is 10.4. The van der Waals surface area contributed by atoms with Crippen molar-refractivity contribution in [3.63, 3.8) is 0 Å². The summed E-state index contributed by atoms with van der Waals surface area (Å²) in [7, 11) is 0. The number of ether oxygens (including phenoxy) is 4. The number of ketones is 1. The van der Waals surface area contributed by atoms with Gasteiger partial charge in [-0.2, -0.15) is 0 Å². The van der Waals surface area contributed by atoms with Crippen LogP contribution >= 0.6 is 0 Å². The zero-order valence-corrected chi connectivity index (χ0v) is 32.2. The van der Waals surface area contributed by atoms with Crippen molar-refractivity contribution >= 4 is 17.7 Å². The first-order chi connectivity index (χ1) is 26.4. The van der Waals surface area contributed by atoms with E-state index in [9.17, 15) is 55.2 Å². The van der Waals surface area contributed by atoms with Crippen LogP contribution in [0.2, 0.25) is 0 Å². The van der Waals surface area contributed by atoms with E-state index < -0.39 is 128 Å². The monoisotopic (exact) mass is 795 g/mol. The van der Waals surface area contributed by atoms with Crippen LogP contribution in [0.5, 0.6) is 0 Å². The summed E-state index contributed by atoms with van der Waals surface area (Å²) in [6.07, 6.45) is 1.21. The number of carbonyl (C=O) groups is 3. The van der Waals surface area contributed by atoms with Crippen LogP contribution in [-0.4, -0.2) is 138 Å². The van der Waals surface area contributed by atoms with Crippen molar-refractivity contribution in [3.8, 4) is 0 Å². The average Bonchev–Trinajstić information content (AvgIpc) is 3.11. The normalized spacial score (nSPS) is 42.5.